The van der Waals surface area contributed by atoms with Crippen LogP contribution in [0.25, 0.3) is 0 Å². The zero-order valence-electron chi connectivity index (χ0n) is 9.26. The van der Waals surface area contributed by atoms with E-state index in [9.17, 15) is 4.39 Å². The van der Waals surface area contributed by atoms with Crippen LogP contribution < -0.4 is 4.74 Å². The predicted octanol–water partition coefficient (Wildman–Crippen LogP) is 2.84. The Morgan fingerprint density at radius 1 is 1.41 bits per heavy atom. The largest absolute Gasteiger partial charge is 0.433 e. The molecule has 0 saturated carbocycles. The summed E-state index contributed by atoms with van der Waals surface area (Å²) in [7, 11) is 0. The molecule has 0 saturated heterocycles. The first kappa shape index (κ1) is 11.8. The first-order chi connectivity index (χ1) is 8.06. The highest BCUT2D eigenvalue weighted by Crippen LogP contribution is 2.23. The molecule has 2 aromatic rings. The summed E-state index contributed by atoms with van der Waals surface area (Å²) in [5.74, 6) is -0.493. The Kier molecular flexibility index (Phi) is 3.23. The predicted molar refractivity (Wildman–Crippen MR) is 59.7 cm³/mol. The molecule has 0 aliphatic heterocycles. The summed E-state index contributed by atoms with van der Waals surface area (Å²) >= 11 is 5.55. The van der Waals surface area contributed by atoms with Crippen LogP contribution in [0.1, 0.15) is 19.9 Å². The van der Waals surface area contributed by atoms with E-state index in [2.05, 4.69) is 15.1 Å². The lowest BCUT2D eigenvalue weighted by atomic mass is 10.4. The monoisotopic (exact) mass is 256 g/mol. The van der Waals surface area contributed by atoms with Gasteiger partial charge in [-0.2, -0.15) is 14.5 Å². The van der Waals surface area contributed by atoms with Crippen LogP contribution in [0.5, 0.6) is 11.6 Å². The van der Waals surface area contributed by atoms with Crippen LogP contribution >= 0.6 is 11.6 Å². The molecule has 0 atom stereocenters. The Balaban J connectivity index is 2.22. The summed E-state index contributed by atoms with van der Waals surface area (Å²) in [5, 5.41) is 3.99. The van der Waals surface area contributed by atoms with Crippen LogP contribution in [0, 0.1) is 5.82 Å². The number of hydrogen-bond acceptors (Lipinski definition) is 4. The van der Waals surface area contributed by atoms with Gasteiger partial charge in [-0.05, 0) is 25.4 Å². The Morgan fingerprint density at radius 3 is 2.82 bits per heavy atom. The van der Waals surface area contributed by atoms with Gasteiger partial charge in [0.25, 0.3) is 5.88 Å². The average Bonchev–Trinajstić information content (AvgIpc) is 2.72. The van der Waals surface area contributed by atoms with E-state index in [-0.39, 0.29) is 17.2 Å². The van der Waals surface area contributed by atoms with E-state index in [1.807, 2.05) is 13.8 Å². The summed E-state index contributed by atoms with van der Waals surface area (Å²) in [5.41, 5.74) is 0. The molecule has 2 rings (SSSR count). The number of aromatic nitrogens is 4. The topological polar surface area (TPSA) is 52.8 Å². The molecule has 2 aromatic heterocycles. The van der Waals surface area contributed by atoms with Gasteiger partial charge in [-0.25, -0.2) is 4.98 Å². The molecule has 0 aliphatic carbocycles. The Labute approximate surface area is 102 Å². The fraction of sp³-hybridized carbons (Fsp3) is 0.300. The van der Waals surface area contributed by atoms with Crippen LogP contribution in [0.2, 0.25) is 5.28 Å². The fourth-order valence-electron chi connectivity index (χ4n) is 1.17. The highest BCUT2D eigenvalue weighted by Gasteiger charge is 2.10. The zero-order chi connectivity index (χ0) is 12.4. The van der Waals surface area contributed by atoms with E-state index >= 15 is 0 Å². The molecule has 0 radical (unpaired) electrons. The minimum atomic E-state index is -0.674. The number of halogens is 2. The standard InChI is InChI=1S/C10H10ClFN4O/c1-6(2)16-5-7(3-14-16)17-9-8(12)4-13-10(11)15-9/h3-6H,1-2H3. The third kappa shape index (κ3) is 2.71. The second-order valence-corrected chi connectivity index (χ2v) is 3.98. The Hall–Kier alpha value is -1.69. The average molecular weight is 257 g/mol. The van der Waals surface area contributed by atoms with Crippen molar-refractivity contribution in [2.24, 2.45) is 0 Å². The minimum Gasteiger partial charge on any atom is -0.433 e. The quantitative estimate of drug-likeness (QED) is 0.793. The van der Waals surface area contributed by atoms with Gasteiger partial charge in [-0.15, -0.1) is 0 Å². The van der Waals surface area contributed by atoms with Gasteiger partial charge in [-0.1, -0.05) is 0 Å². The molecule has 0 bridgehead atoms. The van der Waals surface area contributed by atoms with Crippen LogP contribution in [-0.4, -0.2) is 19.7 Å². The number of hydrogen-bond donors (Lipinski definition) is 0. The van der Waals surface area contributed by atoms with Crippen molar-refractivity contribution in [1.82, 2.24) is 19.7 Å². The van der Waals surface area contributed by atoms with Gasteiger partial charge in [0, 0.05) is 6.04 Å². The van der Waals surface area contributed by atoms with Crippen molar-refractivity contribution in [3.63, 3.8) is 0 Å². The summed E-state index contributed by atoms with van der Waals surface area (Å²) in [6.07, 6.45) is 4.09. The van der Waals surface area contributed by atoms with Crippen molar-refractivity contribution in [3.8, 4) is 11.6 Å². The molecule has 0 spiro atoms. The summed E-state index contributed by atoms with van der Waals surface area (Å²) in [6.45, 7) is 3.94. The Bertz CT molecular complexity index is 529. The van der Waals surface area contributed by atoms with Gasteiger partial charge < -0.3 is 4.74 Å². The minimum absolute atomic E-state index is 0.0716. The second-order valence-electron chi connectivity index (χ2n) is 3.64. The highest BCUT2D eigenvalue weighted by molar-refractivity contribution is 6.28. The number of ether oxygens (including phenoxy) is 1. The molecular weight excluding hydrogens is 247 g/mol. The molecule has 0 N–H and O–H groups in total. The molecule has 0 amide bonds. The molecule has 17 heavy (non-hydrogen) atoms. The smallest absolute Gasteiger partial charge is 0.260 e. The normalized spacial score (nSPS) is 10.9. The summed E-state index contributed by atoms with van der Waals surface area (Å²) in [6, 6.07) is 0.200. The third-order valence-corrected chi connectivity index (χ3v) is 2.19. The molecular formula is C10H10ClFN4O. The highest BCUT2D eigenvalue weighted by atomic mass is 35.5. The van der Waals surface area contributed by atoms with Crippen LogP contribution in [-0.2, 0) is 0 Å². The van der Waals surface area contributed by atoms with Crippen molar-refractivity contribution in [3.05, 3.63) is 29.7 Å². The van der Waals surface area contributed by atoms with Crippen molar-refractivity contribution in [1.29, 1.82) is 0 Å². The molecule has 0 aromatic carbocycles. The lowest BCUT2D eigenvalue weighted by Crippen LogP contribution is -1.99. The van der Waals surface area contributed by atoms with Crippen molar-refractivity contribution in [2.75, 3.05) is 0 Å². The molecule has 2 heterocycles. The molecule has 7 heteroatoms. The van der Waals surface area contributed by atoms with Crippen LogP contribution in [0.3, 0.4) is 0 Å². The molecule has 0 aliphatic rings. The van der Waals surface area contributed by atoms with Gasteiger partial charge >= 0.3 is 0 Å². The summed E-state index contributed by atoms with van der Waals surface area (Å²) < 4.78 is 20.2. The lowest BCUT2D eigenvalue weighted by Gasteiger charge is -2.04. The van der Waals surface area contributed by atoms with Crippen molar-refractivity contribution < 1.29 is 9.13 Å². The molecule has 90 valence electrons. The first-order valence-corrected chi connectivity index (χ1v) is 5.34. The molecule has 0 fully saturated rings. The van der Waals surface area contributed by atoms with Gasteiger partial charge in [-0.3, -0.25) is 4.68 Å². The zero-order valence-corrected chi connectivity index (χ0v) is 10.0. The molecule has 0 unspecified atom stereocenters. The van der Waals surface area contributed by atoms with E-state index < -0.39 is 5.82 Å². The number of nitrogens with zero attached hydrogens (tertiary/aromatic N) is 4. The van der Waals surface area contributed by atoms with Gasteiger partial charge in [0.1, 0.15) is 0 Å². The SMILES string of the molecule is CC(C)n1cc(Oc2nc(Cl)ncc2F)cn1. The van der Waals surface area contributed by atoms with E-state index in [0.29, 0.717) is 5.75 Å². The fourth-order valence-corrected chi connectivity index (χ4v) is 1.30. The van der Waals surface area contributed by atoms with Crippen LogP contribution in [0.4, 0.5) is 4.39 Å². The van der Waals surface area contributed by atoms with Gasteiger partial charge in [0.15, 0.2) is 5.75 Å². The van der Waals surface area contributed by atoms with E-state index in [1.165, 1.54) is 6.20 Å². The van der Waals surface area contributed by atoms with Crippen molar-refractivity contribution in [2.45, 2.75) is 19.9 Å². The third-order valence-electron chi connectivity index (χ3n) is 2.00. The lowest BCUT2D eigenvalue weighted by molar-refractivity contribution is 0.418. The molecule has 5 nitrogen and oxygen atoms in total. The first-order valence-electron chi connectivity index (χ1n) is 4.96. The summed E-state index contributed by atoms with van der Waals surface area (Å²) in [4.78, 5) is 7.14. The second kappa shape index (κ2) is 4.67. The Morgan fingerprint density at radius 2 is 2.18 bits per heavy atom. The van der Waals surface area contributed by atoms with Gasteiger partial charge in [0.2, 0.25) is 11.1 Å². The van der Waals surface area contributed by atoms with E-state index in [0.717, 1.165) is 6.20 Å². The van der Waals surface area contributed by atoms with E-state index in [1.54, 1.807) is 10.9 Å². The van der Waals surface area contributed by atoms with Gasteiger partial charge in [0.05, 0.1) is 18.6 Å². The van der Waals surface area contributed by atoms with Crippen molar-refractivity contribution >= 4 is 11.6 Å². The maximum atomic E-state index is 13.3. The number of rotatable bonds is 3. The maximum absolute atomic E-state index is 13.3. The maximum Gasteiger partial charge on any atom is 0.260 e. The van der Waals surface area contributed by atoms with Crippen LogP contribution in [0.15, 0.2) is 18.6 Å². The van der Waals surface area contributed by atoms with E-state index in [4.69, 9.17) is 16.3 Å².